The van der Waals surface area contributed by atoms with E-state index in [1.54, 1.807) is 12.1 Å². The fourth-order valence-electron chi connectivity index (χ4n) is 1.58. The second kappa shape index (κ2) is 6.59. The maximum atomic E-state index is 10.9. The first-order chi connectivity index (χ1) is 9.24. The van der Waals surface area contributed by atoms with E-state index in [9.17, 15) is 4.79 Å². The van der Waals surface area contributed by atoms with Gasteiger partial charge in [0.05, 0.1) is 0 Å². The summed E-state index contributed by atoms with van der Waals surface area (Å²) in [4.78, 5) is 10.9. The monoisotopic (exact) mass is 256 g/mol. The standard InChI is InChI=1S/C16H16O3/c1-13(17)11-18-15-8-5-9-16(10-15)19-12-14-6-3-2-4-7-14/h2-10H,11-12H2,1H3. The van der Waals surface area contributed by atoms with Crippen molar-refractivity contribution in [1.29, 1.82) is 0 Å². The van der Waals surface area contributed by atoms with Crippen molar-refractivity contribution in [3.05, 3.63) is 60.2 Å². The molecule has 0 aromatic heterocycles. The highest BCUT2D eigenvalue weighted by atomic mass is 16.5. The van der Waals surface area contributed by atoms with Crippen LogP contribution in [0.5, 0.6) is 11.5 Å². The van der Waals surface area contributed by atoms with Crippen LogP contribution in [-0.2, 0) is 11.4 Å². The van der Waals surface area contributed by atoms with Gasteiger partial charge in [0, 0.05) is 6.07 Å². The topological polar surface area (TPSA) is 35.5 Å². The zero-order valence-corrected chi connectivity index (χ0v) is 10.8. The highest BCUT2D eigenvalue weighted by Gasteiger charge is 2.00. The molecule has 2 rings (SSSR count). The average molecular weight is 256 g/mol. The Balaban J connectivity index is 1.93. The number of rotatable bonds is 6. The third-order valence-electron chi connectivity index (χ3n) is 2.50. The van der Waals surface area contributed by atoms with Gasteiger partial charge in [-0.2, -0.15) is 0 Å². The third kappa shape index (κ3) is 4.47. The third-order valence-corrected chi connectivity index (χ3v) is 2.50. The van der Waals surface area contributed by atoms with E-state index in [-0.39, 0.29) is 12.4 Å². The molecule has 0 fully saturated rings. The molecule has 0 heterocycles. The molecule has 3 nitrogen and oxygen atoms in total. The van der Waals surface area contributed by atoms with Gasteiger partial charge in [-0.15, -0.1) is 0 Å². The Hall–Kier alpha value is -2.29. The van der Waals surface area contributed by atoms with E-state index >= 15 is 0 Å². The number of hydrogen-bond acceptors (Lipinski definition) is 3. The molecule has 0 atom stereocenters. The maximum absolute atomic E-state index is 10.9. The molecule has 0 saturated carbocycles. The number of benzene rings is 2. The first kappa shape index (κ1) is 13.1. The van der Waals surface area contributed by atoms with Crippen LogP contribution < -0.4 is 9.47 Å². The van der Waals surface area contributed by atoms with Crippen molar-refractivity contribution >= 4 is 5.78 Å². The minimum atomic E-state index is -0.00407. The summed E-state index contributed by atoms with van der Waals surface area (Å²) in [5.74, 6) is 1.36. The number of carbonyl (C=O) groups is 1. The Labute approximate surface area is 112 Å². The van der Waals surface area contributed by atoms with Crippen LogP contribution in [0, 0.1) is 0 Å². The molecular formula is C16H16O3. The molecule has 19 heavy (non-hydrogen) atoms. The molecule has 0 saturated heterocycles. The van der Waals surface area contributed by atoms with Gasteiger partial charge < -0.3 is 9.47 Å². The lowest BCUT2D eigenvalue weighted by Crippen LogP contribution is -2.06. The highest BCUT2D eigenvalue weighted by molar-refractivity contribution is 5.77. The molecule has 2 aromatic carbocycles. The van der Waals surface area contributed by atoms with Crippen LogP contribution in [0.25, 0.3) is 0 Å². The maximum Gasteiger partial charge on any atom is 0.167 e. The van der Waals surface area contributed by atoms with Crippen molar-refractivity contribution < 1.29 is 14.3 Å². The molecule has 0 bridgehead atoms. The van der Waals surface area contributed by atoms with Gasteiger partial charge in [0.2, 0.25) is 0 Å². The van der Waals surface area contributed by atoms with Crippen LogP contribution in [0.4, 0.5) is 0 Å². The van der Waals surface area contributed by atoms with Crippen molar-refractivity contribution in [3.63, 3.8) is 0 Å². The van der Waals surface area contributed by atoms with Crippen molar-refractivity contribution in [1.82, 2.24) is 0 Å². The van der Waals surface area contributed by atoms with Gasteiger partial charge in [-0.05, 0) is 24.6 Å². The number of carbonyl (C=O) groups excluding carboxylic acids is 1. The van der Waals surface area contributed by atoms with E-state index in [4.69, 9.17) is 9.47 Å². The molecule has 0 N–H and O–H groups in total. The zero-order chi connectivity index (χ0) is 13.5. The normalized spacial score (nSPS) is 9.95. The van der Waals surface area contributed by atoms with Gasteiger partial charge in [0.15, 0.2) is 5.78 Å². The van der Waals surface area contributed by atoms with Crippen molar-refractivity contribution in [2.24, 2.45) is 0 Å². The number of Topliss-reactive ketones (excluding diaryl/α,β-unsaturated/α-hetero) is 1. The average Bonchev–Trinajstić information content (AvgIpc) is 2.44. The lowest BCUT2D eigenvalue weighted by atomic mass is 10.2. The van der Waals surface area contributed by atoms with Crippen LogP contribution >= 0.6 is 0 Å². The predicted molar refractivity (Wildman–Crippen MR) is 73.4 cm³/mol. The molecule has 0 aliphatic carbocycles. The van der Waals surface area contributed by atoms with E-state index in [0.717, 1.165) is 11.3 Å². The largest absolute Gasteiger partial charge is 0.489 e. The minimum Gasteiger partial charge on any atom is -0.489 e. The quantitative estimate of drug-likeness (QED) is 0.796. The number of hydrogen-bond donors (Lipinski definition) is 0. The minimum absolute atomic E-state index is 0.00407. The summed E-state index contributed by atoms with van der Waals surface area (Å²) < 4.78 is 11.0. The molecular weight excluding hydrogens is 240 g/mol. The summed E-state index contributed by atoms with van der Waals surface area (Å²) >= 11 is 0. The lowest BCUT2D eigenvalue weighted by Gasteiger charge is -2.08. The second-order valence-corrected chi connectivity index (χ2v) is 4.24. The smallest absolute Gasteiger partial charge is 0.167 e. The van der Waals surface area contributed by atoms with Crippen LogP contribution in [0.15, 0.2) is 54.6 Å². The van der Waals surface area contributed by atoms with E-state index in [0.29, 0.717) is 12.4 Å². The molecule has 0 amide bonds. The number of ether oxygens (including phenoxy) is 2. The number of ketones is 1. The first-order valence-electron chi connectivity index (χ1n) is 6.13. The van der Waals surface area contributed by atoms with E-state index in [1.807, 2.05) is 42.5 Å². The molecule has 0 radical (unpaired) electrons. The van der Waals surface area contributed by atoms with Crippen LogP contribution in [-0.4, -0.2) is 12.4 Å². The summed E-state index contributed by atoms with van der Waals surface area (Å²) in [5, 5.41) is 0. The van der Waals surface area contributed by atoms with E-state index in [1.165, 1.54) is 6.92 Å². The van der Waals surface area contributed by atoms with Crippen molar-refractivity contribution in [3.8, 4) is 11.5 Å². The van der Waals surface area contributed by atoms with Gasteiger partial charge in [0.25, 0.3) is 0 Å². The SMILES string of the molecule is CC(=O)COc1cccc(OCc2ccccc2)c1. The molecule has 2 aromatic rings. The summed E-state index contributed by atoms with van der Waals surface area (Å²) in [5.41, 5.74) is 1.11. The second-order valence-electron chi connectivity index (χ2n) is 4.24. The molecule has 0 aliphatic heterocycles. The molecule has 0 spiro atoms. The van der Waals surface area contributed by atoms with Gasteiger partial charge in [-0.3, -0.25) is 4.79 Å². The highest BCUT2D eigenvalue weighted by Crippen LogP contribution is 2.20. The summed E-state index contributed by atoms with van der Waals surface area (Å²) in [6.07, 6.45) is 0. The van der Waals surface area contributed by atoms with Gasteiger partial charge in [0.1, 0.15) is 24.7 Å². The summed E-state index contributed by atoms with van der Waals surface area (Å²) in [7, 11) is 0. The molecule has 98 valence electrons. The Kier molecular flexibility index (Phi) is 4.56. The van der Waals surface area contributed by atoms with Crippen molar-refractivity contribution in [2.75, 3.05) is 6.61 Å². The molecule has 0 aliphatic rings. The molecule has 0 unspecified atom stereocenters. The lowest BCUT2D eigenvalue weighted by molar-refractivity contribution is -0.118. The van der Waals surface area contributed by atoms with Crippen LogP contribution in [0.3, 0.4) is 0 Å². The van der Waals surface area contributed by atoms with Gasteiger partial charge in [-0.25, -0.2) is 0 Å². The fourth-order valence-corrected chi connectivity index (χ4v) is 1.58. The van der Waals surface area contributed by atoms with Gasteiger partial charge in [-0.1, -0.05) is 36.4 Å². The Bertz CT molecular complexity index is 535. The Morgan fingerprint density at radius 1 is 0.947 bits per heavy atom. The first-order valence-corrected chi connectivity index (χ1v) is 6.13. The van der Waals surface area contributed by atoms with E-state index < -0.39 is 0 Å². The van der Waals surface area contributed by atoms with E-state index in [2.05, 4.69) is 0 Å². The predicted octanol–water partition coefficient (Wildman–Crippen LogP) is 3.23. The Morgan fingerprint density at radius 2 is 1.63 bits per heavy atom. The fraction of sp³-hybridized carbons (Fsp3) is 0.188. The summed E-state index contributed by atoms with van der Waals surface area (Å²) in [6, 6.07) is 17.2. The zero-order valence-electron chi connectivity index (χ0n) is 10.8. The summed E-state index contributed by atoms with van der Waals surface area (Å²) in [6.45, 7) is 2.09. The van der Waals surface area contributed by atoms with Crippen LogP contribution in [0.2, 0.25) is 0 Å². The molecule has 3 heteroatoms. The van der Waals surface area contributed by atoms with Crippen LogP contribution in [0.1, 0.15) is 12.5 Å². The van der Waals surface area contributed by atoms with Crippen molar-refractivity contribution in [2.45, 2.75) is 13.5 Å². The Morgan fingerprint density at radius 3 is 2.32 bits per heavy atom. The van der Waals surface area contributed by atoms with Gasteiger partial charge >= 0.3 is 0 Å².